The summed E-state index contributed by atoms with van der Waals surface area (Å²) < 4.78 is 55.3. The smallest absolute Gasteiger partial charge is 0.321 e. The molecule has 0 atom stereocenters. The number of thiophene rings is 1. The molecule has 2 amide bonds. The van der Waals surface area contributed by atoms with Gasteiger partial charge < -0.3 is 10.6 Å². The van der Waals surface area contributed by atoms with Crippen molar-refractivity contribution in [3.05, 3.63) is 123 Å². The van der Waals surface area contributed by atoms with Crippen molar-refractivity contribution in [3.8, 4) is 16.3 Å². The van der Waals surface area contributed by atoms with Gasteiger partial charge in [0.25, 0.3) is 11.8 Å². The van der Waals surface area contributed by atoms with Crippen LogP contribution >= 0.6 is 34.5 Å². The van der Waals surface area contributed by atoms with E-state index in [2.05, 4.69) is 20.7 Å². The van der Waals surface area contributed by atoms with E-state index in [4.69, 9.17) is 23.2 Å². The molecule has 0 saturated heterocycles. The molecule has 7 nitrogen and oxygen atoms in total. The average Bonchev–Trinajstić information content (AvgIpc) is 3.67. The molecule has 14 heteroatoms. The maximum Gasteiger partial charge on any atom is 0.435 e. The van der Waals surface area contributed by atoms with Gasteiger partial charge in [0.15, 0.2) is 11.5 Å². The Morgan fingerprint density at radius 3 is 2.38 bits per heavy atom. The summed E-state index contributed by atoms with van der Waals surface area (Å²) in [5, 5.41) is 11.6. The number of carbonyl (C=O) groups excluding carboxylic acids is 2. The summed E-state index contributed by atoms with van der Waals surface area (Å²) in [4.78, 5) is 32.1. The summed E-state index contributed by atoms with van der Waals surface area (Å²) in [6.07, 6.45) is -3.61. The van der Waals surface area contributed by atoms with Crippen LogP contribution in [0.25, 0.3) is 27.0 Å². The largest absolute Gasteiger partial charge is 0.435 e. The van der Waals surface area contributed by atoms with Crippen molar-refractivity contribution >= 4 is 68.5 Å². The normalized spacial score (nSPS) is 11.5. The molecule has 226 valence electrons. The molecule has 45 heavy (non-hydrogen) atoms. The van der Waals surface area contributed by atoms with Gasteiger partial charge in [-0.3, -0.25) is 9.59 Å². The molecule has 0 bridgehead atoms. The van der Waals surface area contributed by atoms with Crippen LogP contribution in [0.2, 0.25) is 10.0 Å². The van der Waals surface area contributed by atoms with Crippen LogP contribution in [0.5, 0.6) is 0 Å². The quantitative estimate of drug-likeness (QED) is 0.173. The number of rotatable bonds is 6. The topological polar surface area (TPSA) is 88.9 Å². The molecule has 0 aliphatic heterocycles. The number of aromatic nitrogens is 3. The minimum atomic E-state index is -4.89. The Morgan fingerprint density at radius 2 is 1.64 bits per heavy atom. The Bertz CT molecular complexity index is 2090. The Balaban J connectivity index is 1.42. The second-order valence-electron chi connectivity index (χ2n) is 9.55. The molecule has 3 heterocycles. The van der Waals surface area contributed by atoms with Crippen LogP contribution in [0.15, 0.2) is 90.4 Å². The fourth-order valence-electron chi connectivity index (χ4n) is 4.58. The lowest BCUT2D eigenvalue weighted by molar-refractivity contribution is -0.141. The first-order valence-electron chi connectivity index (χ1n) is 13.0. The Labute approximate surface area is 266 Å². The second kappa shape index (κ2) is 12.0. The highest BCUT2D eigenvalue weighted by molar-refractivity contribution is 7.14. The SMILES string of the molecule is O=C(Nc1ccsc1-c1ccc(F)cc1)c1cc2ccccc2c(Cl)c1NC(=O)c1cc(C(F)(F)F)nn1-c1ncccc1Cl. The number of nitrogens with zero attached hydrogens (tertiary/aromatic N) is 3. The number of fused-ring (bicyclic) bond motifs is 1. The zero-order chi connectivity index (χ0) is 31.9. The third-order valence-corrected chi connectivity index (χ3v) is 8.31. The maximum absolute atomic E-state index is 13.8. The molecule has 2 N–H and O–H groups in total. The summed E-state index contributed by atoms with van der Waals surface area (Å²) in [5.41, 5.74) is -1.06. The van der Waals surface area contributed by atoms with Gasteiger partial charge >= 0.3 is 6.18 Å². The van der Waals surface area contributed by atoms with E-state index < -0.39 is 35.2 Å². The van der Waals surface area contributed by atoms with Crippen LogP contribution in [-0.4, -0.2) is 26.6 Å². The van der Waals surface area contributed by atoms with Crippen molar-refractivity contribution in [2.24, 2.45) is 0 Å². The van der Waals surface area contributed by atoms with Gasteiger partial charge in [0.2, 0.25) is 0 Å². The maximum atomic E-state index is 13.8. The van der Waals surface area contributed by atoms with Gasteiger partial charge in [0, 0.05) is 17.6 Å². The number of alkyl halides is 3. The third-order valence-electron chi connectivity index (χ3n) is 6.66. The van der Waals surface area contributed by atoms with Crippen LogP contribution in [0.4, 0.5) is 28.9 Å². The van der Waals surface area contributed by atoms with Gasteiger partial charge in [-0.1, -0.05) is 59.6 Å². The molecule has 6 aromatic rings. The number of hydrogen-bond acceptors (Lipinski definition) is 5. The second-order valence-corrected chi connectivity index (χ2v) is 11.2. The van der Waals surface area contributed by atoms with Crippen molar-refractivity contribution in [2.75, 3.05) is 10.6 Å². The van der Waals surface area contributed by atoms with Crippen LogP contribution in [-0.2, 0) is 6.18 Å². The predicted octanol–water partition coefficient (Wildman–Crippen LogP) is 9.12. The highest BCUT2D eigenvalue weighted by Crippen LogP contribution is 2.38. The van der Waals surface area contributed by atoms with E-state index in [0.29, 0.717) is 37.6 Å². The monoisotopic (exact) mass is 669 g/mol. The van der Waals surface area contributed by atoms with E-state index in [-0.39, 0.29) is 27.1 Å². The van der Waals surface area contributed by atoms with E-state index in [1.165, 1.54) is 47.9 Å². The molecule has 3 aromatic heterocycles. The number of carbonyl (C=O) groups is 2. The fraction of sp³-hybridized carbons (Fsp3) is 0.0323. The van der Waals surface area contributed by atoms with Crippen LogP contribution in [0.1, 0.15) is 26.5 Å². The number of nitrogens with one attached hydrogen (secondary N) is 2. The van der Waals surface area contributed by atoms with Crippen molar-refractivity contribution in [2.45, 2.75) is 6.18 Å². The van der Waals surface area contributed by atoms with Gasteiger partial charge in [-0.05, 0) is 52.7 Å². The Kier molecular flexibility index (Phi) is 8.04. The molecule has 0 radical (unpaired) electrons. The lowest BCUT2D eigenvalue weighted by Crippen LogP contribution is -2.21. The van der Waals surface area contributed by atoms with Crippen molar-refractivity contribution in [1.29, 1.82) is 0 Å². The highest BCUT2D eigenvalue weighted by atomic mass is 35.5. The molecule has 0 aliphatic rings. The molecule has 0 spiro atoms. The van der Waals surface area contributed by atoms with E-state index in [9.17, 15) is 27.2 Å². The summed E-state index contributed by atoms with van der Waals surface area (Å²) in [6, 6.07) is 19.1. The first-order valence-corrected chi connectivity index (χ1v) is 14.6. The van der Waals surface area contributed by atoms with Gasteiger partial charge in [0.1, 0.15) is 11.5 Å². The number of benzene rings is 3. The predicted molar refractivity (Wildman–Crippen MR) is 166 cm³/mol. The number of halogens is 6. The van der Waals surface area contributed by atoms with Gasteiger partial charge in [0.05, 0.1) is 31.9 Å². The fourth-order valence-corrected chi connectivity index (χ4v) is 5.96. The summed E-state index contributed by atoms with van der Waals surface area (Å²) in [5.74, 6) is -2.36. The first kappa shape index (κ1) is 30.3. The zero-order valence-corrected chi connectivity index (χ0v) is 24.8. The van der Waals surface area contributed by atoms with Crippen LogP contribution < -0.4 is 10.6 Å². The van der Waals surface area contributed by atoms with E-state index in [0.717, 1.165) is 0 Å². The third kappa shape index (κ3) is 5.99. The first-order chi connectivity index (χ1) is 21.5. The number of hydrogen-bond donors (Lipinski definition) is 2. The lowest BCUT2D eigenvalue weighted by Gasteiger charge is -2.16. The van der Waals surface area contributed by atoms with Crippen molar-refractivity contribution in [3.63, 3.8) is 0 Å². The molecular formula is C31H17Cl2F4N5O2S. The average molecular weight is 670 g/mol. The molecule has 0 aliphatic carbocycles. The molecule has 3 aromatic carbocycles. The highest BCUT2D eigenvalue weighted by Gasteiger charge is 2.37. The van der Waals surface area contributed by atoms with Gasteiger partial charge in [-0.15, -0.1) is 11.3 Å². The Morgan fingerprint density at radius 1 is 0.889 bits per heavy atom. The lowest BCUT2D eigenvalue weighted by atomic mass is 10.0. The number of pyridine rings is 1. The summed E-state index contributed by atoms with van der Waals surface area (Å²) in [7, 11) is 0. The number of anilines is 2. The van der Waals surface area contributed by atoms with Crippen LogP contribution in [0, 0.1) is 5.82 Å². The van der Waals surface area contributed by atoms with Gasteiger partial charge in [-0.25, -0.2) is 14.1 Å². The minimum Gasteiger partial charge on any atom is -0.321 e. The molecule has 0 fully saturated rings. The standard InChI is InChI=1S/C31H17Cl2F4N5O2S/c32-21-6-3-12-38-28(21)42-23(15-24(41-42)31(35,36)37)30(44)40-26-20(14-17-4-1-2-5-19(17)25(26)33)29(43)39-22-11-13-45-27(22)16-7-9-18(34)10-8-16/h1-15H,(H,39,43)(H,40,44). The van der Waals surface area contributed by atoms with E-state index >= 15 is 0 Å². The summed E-state index contributed by atoms with van der Waals surface area (Å²) >= 11 is 14.2. The van der Waals surface area contributed by atoms with E-state index in [1.54, 1.807) is 47.8 Å². The Hall–Kier alpha value is -4.78. The van der Waals surface area contributed by atoms with Crippen molar-refractivity contribution in [1.82, 2.24) is 14.8 Å². The van der Waals surface area contributed by atoms with E-state index in [1.807, 2.05) is 0 Å². The van der Waals surface area contributed by atoms with Gasteiger partial charge in [-0.2, -0.15) is 18.3 Å². The summed E-state index contributed by atoms with van der Waals surface area (Å²) in [6.45, 7) is 0. The minimum absolute atomic E-state index is 0.0198. The molecule has 0 unspecified atom stereocenters. The molecule has 0 saturated carbocycles. The van der Waals surface area contributed by atoms with Crippen LogP contribution in [0.3, 0.4) is 0 Å². The van der Waals surface area contributed by atoms with Crippen molar-refractivity contribution < 1.29 is 27.2 Å². The zero-order valence-electron chi connectivity index (χ0n) is 22.5. The number of amides is 2. The molecular weight excluding hydrogens is 653 g/mol. The molecule has 6 rings (SSSR count).